The summed E-state index contributed by atoms with van der Waals surface area (Å²) in [7, 11) is 0. The van der Waals surface area contributed by atoms with Crippen molar-refractivity contribution in [3.63, 3.8) is 0 Å². The number of hydrogen-bond acceptors (Lipinski definition) is 3. The maximum absolute atomic E-state index is 12.2. The molecule has 0 saturated carbocycles. The van der Waals surface area contributed by atoms with Gasteiger partial charge in [-0.05, 0) is 49.2 Å². The summed E-state index contributed by atoms with van der Waals surface area (Å²) in [5.41, 5.74) is 2.77. The van der Waals surface area contributed by atoms with Crippen LogP contribution < -0.4 is 10.1 Å². The number of ether oxygens (including phenoxy) is 1. The smallest absolute Gasteiger partial charge is 0.251 e. The summed E-state index contributed by atoms with van der Waals surface area (Å²) >= 11 is 0. The molecule has 1 aromatic heterocycles. The van der Waals surface area contributed by atoms with Crippen LogP contribution in [-0.2, 0) is 6.54 Å². The lowest BCUT2D eigenvalue weighted by Gasteiger charge is -2.08. The van der Waals surface area contributed by atoms with E-state index in [0.29, 0.717) is 18.7 Å². The van der Waals surface area contributed by atoms with E-state index in [9.17, 15) is 4.79 Å². The van der Waals surface area contributed by atoms with Gasteiger partial charge < -0.3 is 14.6 Å². The Morgan fingerprint density at radius 3 is 2.73 bits per heavy atom. The topological polar surface area (TPSA) is 56.1 Å². The quantitative estimate of drug-likeness (QED) is 0.592. The number of benzene rings is 2. The Labute approximate surface area is 154 Å². The molecule has 1 N–H and O–H groups in total. The molecule has 0 unspecified atom stereocenters. The Kier molecular flexibility index (Phi) is 6.25. The first-order valence-corrected chi connectivity index (χ1v) is 9.19. The molecule has 1 amide bonds. The summed E-state index contributed by atoms with van der Waals surface area (Å²) < 4.78 is 7.73. The molecule has 1 heterocycles. The maximum atomic E-state index is 12.2. The number of imidazole rings is 1. The number of para-hydroxylation sites is 2. The molecule has 2 aromatic carbocycles. The van der Waals surface area contributed by atoms with Gasteiger partial charge in [-0.2, -0.15) is 0 Å². The maximum Gasteiger partial charge on any atom is 0.251 e. The van der Waals surface area contributed by atoms with Crippen LogP contribution >= 0.6 is 0 Å². The van der Waals surface area contributed by atoms with Crippen molar-refractivity contribution in [3.05, 3.63) is 60.4 Å². The third-order valence-electron chi connectivity index (χ3n) is 4.27. The van der Waals surface area contributed by atoms with E-state index >= 15 is 0 Å². The van der Waals surface area contributed by atoms with Crippen molar-refractivity contribution in [2.45, 2.75) is 32.7 Å². The highest BCUT2D eigenvalue weighted by Gasteiger charge is 2.06. The Morgan fingerprint density at radius 1 is 1.12 bits per heavy atom. The molecule has 0 atom stereocenters. The molecule has 0 saturated heterocycles. The van der Waals surface area contributed by atoms with E-state index in [1.807, 2.05) is 36.7 Å². The minimum absolute atomic E-state index is 0.0550. The van der Waals surface area contributed by atoms with Crippen molar-refractivity contribution in [2.75, 3.05) is 13.2 Å². The number of fused-ring (bicyclic) bond motifs is 1. The molecule has 0 aliphatic heterocycles. The molecule has 0 aliphatic carbocycles. The number of hydrogen-bond donors (Lipinski definition) is 1. The summed E-state index contributed by atoms with van der Waals surface area (Å²) in [5.74, 6) is 0.752. The number of rotatable bonds is 9. The lowest BCUT2D eigenvalue weighted by molar-refractivity contribution is 0.0952. The molecule has 3 rings (SSSR count). The molecular formula is C21H25N3O2. The van der Waals surface area contributed by atoms with Crippen LogP contribution in [0.3, 0.4) is 0 Å². The molecule has 0 radical (unpaired) electrons. The van der Waals surface area contributed by atoms with Gasteiger partial charge in [-0.15, -0.1) is 0 Å². The van der Waals surface area contributed by atoms with Crippen LogP contribution in [0, 0.1) is 0 Å². The minimum Gasteiger partial charge on any atom is -0.494 e. The minimum atomic E-state index is -0.0550. The zero-order chi connectivity index (χ0) is 18.2. The van der Waals surface area contributed by atoms with Gasteiger partial charge in [0.05, 0.1) is 24.0 Å². The highest BCUT2D eigenvalue weighted by atomic mass is 16.5. The fourth-order valence-electron chi connectivity index (χ4n) is 2.78. The number of unbranched alkanes of at least 4 members (excludes halogenated alkanes) is 1. The molecule has 5 nitrogen and oxygen atoms in total. The van der Waals surface area contributed by atoms with Crippen LogP contribution in [0.5, 0.6) is 5.75 Å². The molecule has 0 bridgehead atoms. The van der Waals surface area contributed by atoms with Gasteiger partial charge in [0, 0.05) is 18.7 Å². The van der Waals surface area contributed by atoms with Crippen molar-refractivity contribution in [1.82, 2.24) is 14.9 Å². The standard InChI is InChI=1S/C21H25N3O2/c1-2-3-15-26-18-11-9-17(10-12-18)21(25)22-13-6-14-24-16-23-19-7-4-5-8-20(19)24/h4-5,7-12,16H,2-3,6,13-15H2,1H3,(H,22,25). The monoisotopic (exact) mass is 351 g/mol. The van der Waals surface area contributed by atoms with Gasteiger partial charge in [0.15, 0.2) is 0 Å². The summed E-state index contributed by atoms with van der Waals surface area (Å²) in [6.45, 7) is 4.29. The predicted molar refractivity (Wildman–Crippen MR) is 104 cm³/mol. The zero-order valence-corrected chi connectivity index (χ0v) is 15.1. The van der Waals surface area contributed by atoms with Crippen molar-refractivity contribution in [3.8, 4) is 5.75 Å². The van der Waals surface area contributed by atoms with Crippen molar-refractivity contribution in [2.24, 2.45) is 0 Å². The van der Waals surface area contributed by atoms with Gasteiger partial charge in [-0.3, -0.25) is 4.79 Å². The molecular weight excluding hydrogens is 326 g/mol. The molecule has 136 valence electrons. The van der Waals surface area contributed by atoms with E-state index < -0.39 is 0 Å². The van der Waals surface area contributed by atoms with Crippen LogP contribution in [0.1, 0.15) is 36.5 Å². The number of amides is 1. The highest BCUT2D eigenvalue weighted by molar-refractivity contribution is 5.94. The molecule has 0 aliphatic rings. The number of carbonyl (C=O) groups excluding carboxylic acids is 1. The number of carbonyl (C=O) groups is 1. The van der Waals surface area contributed by atoms with Crippen LogP contribution in [0.15, 0.2) is 54.9 Å². The molecule has 0 spiro atoms. The largest absolute Gasteiger partial charge is 0.494 e. The van der Waals surface area contributed by atoms with E-state index in [0.717, 1.165) is 42.6 Å². The second kappa shape index (κ2) is 9.04. The number of nitrogens with one attached hydrogen (secondary N) is 1. The SMILES string of the molecule is CCCCOc1ccc(C(=O)NCCCn2cnc3ccccc32)cc1. The summed E-state index contributed by atoms with van der Waals surface area (Å²) in [6, 6.07) is 15.4. The summed E-state index contributed by atoms with van der Waals surface area (Å²) in [5, 5.41) is 2.97. The zero-order valence-electron chi connectivity index (χ0n) is 15.1. The van der Waals surface area contributed by atoms with Crippen LogP contribution in [0.2, 0.25) is 0 Å². The molecule has 0 fully saturated rings. The lowest BCUT2D eigenvalue weighted by Crippen LogP contribution is -2.25. The third kappa shape index (κ3) is 4.63. The molecule has 3 aromatic rings. The fraction of sp³-hybridized carbons (Fsp3) is 0.333. The van der Waals surface area contributed by atoms with E-state index in [1.54, 1.807) is 12.1 Å². The third-order valence-corrected chi connectivity index (χ3v) is 4.27. The first-order valence-electron chi connectivity index (χ1n) is 9.19. The molecule has 5 heteroatoms. The lowest BCUT2D eigenvalue weighted by atomic mass is 10.2. The first kappa shape index (κ1) is 18.0. The normalized spacial score (nSPS) is 10.8. The van der Waals surface area contributed by atoms with Gasteiger partial charge in [-0.1, -0.05) is 25.5 Å². The summed E-state index contributed by atoms with van der Waals surface area (Å²) in [6.07, 6.45) is 4.85. The van der Waals surface area contributed by atoms with Gasteiger partial charge in [0.2, 0.25) is 0 Å². The van der Waals surface area contributed by atoms with Crippen LogP contribution in [-0.4, -0.2) is 28.6 Å². The van der Waals surface area contributed by atoms with Crippen LogP contribution in [0.25, 0.3) is 11.0 Å². The Balaban J connectivity index is 1.44. The predicted octanol–water partition coefficient (Wildman–Crippen LogP) is 4.04. The Bertz CT molecular complexity index is 840. The van der Waals surface area contributed by atoms with Gasteiger partial charge in [0.1, 0.15) is 5.75 Å². The fourth-order valence-corrected chi connectivity index (χ4v) is 2.78. The highest BCUT2D eigenvalue weighted by Crippen LogP contribution is 2.13. The average molecular weight is 351 g/mol. The van der Waals surface area contributed by atoms with E-state index in [-0.39, 0.29) is 5.91 Å². The number of aryl methyl sites for hydroxylation is 1. The average Bonchev–Trinajstić information content (AvgIpc) is 3.09. The molecule has 26 heavy (non-hydrogen) atoms. The summed E-state index contributed by atoms with van der Waals surface area (Å²) in [4.78, 5) is 16.6. The first-order chi connectivity index (χ1) is 12.8. The second-order valence-electron chi connectivity index (χ2n) is 6.26. The number of nitrogens with zero attached hydrogens (tertiary/aromatic N) is 2. The van der Waals surface area contributed by atoms with Gasteiger partial charge >= 0.3 is 0 Å². The Hall–Kier alpha value is -2.82. The van der Waals surface area contributed by atoms with Crippen molar-refractivity contribution in [1.29, 1.82) is 0 Å². The second-order valence-corrected chi connectivity index (χ2v) is 6.26. The van der Waals surface area contributed by atoms with Gasteiger partial charge in [0.25, 0.3) is 5.91 Å². The van der Waals surface area contributed by atoms with Gasteiger partial charge in [-0.25, -0.2) is 4.98 Å². The Morgan fingerprint density at radius 2 is 1.92 bits per heavy atom. The van der Waals surface area contributed by atoms with Crippen molar-refractivity contribution >= 4 is 16.9 Å². The van der Waals surface area contributed by atoms with E-state index in [4.69, 9.17) is 4.74 Å². The van der Waals surface area contributed by atoms with Crippen LogP contribution in [0.4, 0.5) is 0 Å². The van der Waals surface area contributed by atoms with E-state index in [1.165, 1.54) is 0 Å². The van der Waals surface area contributed by atoms with E-state index in [2.05, 4.69) is 27.9 Å². The number of aromatic nitrogens is 2. The van der Waals surface area contributed by atoms with Crippen molar-refractivity contribution < 1.29 is 9.53 Å².